The van der Waals surface area contributed by atoms with Crippen molar-refractivity contribution in [3.63, 3.8) is 0 Å². The van der Waals surface area contributed by atoms with Crippen molar-refractivity contribution in [2.75, 3.05) is 0 Å². The van der Waals surface area contributed by atoms with Gasteiger partial charge in [0.1, 0.15) is 17.3 Å². The van der Waals surface area contributed by atoms with Crippen molar-refractivity contribution >= 4 is 11.9 Å². The third-order valence-corrected chi connectivity index (χ3v) is 5.22. The number of furan rings is 1. The molecule has 144 valence electrons. The number of carbonyl (C=O) groups is 2. The average Bonchev–Trinajstić information content (AvgIpc) is 3.14. The van der Waals surface area contributed by atoms with Crippen LogP contribution in [0.25, 0.3) is 0 Å². The molecule has 1 atom stereocenters. The smallest absolute Gasteiger partial charge is 0.308 e. The van der Waals surface area contributed by atoms with E-state index in [1.54, 1.807) is 19.3 Å². The second-order valence-corrected chi connectivity index (χ2v) is 7.20. The van der Waals surface area contributed by atoms with E-state index in [2.05, 4.69) is 5.32 Å². The van der Waals surface area contributed by atoms with Crippen molar-refractivity contribution in [1.82, 2.24) is 5.32 Å². The lowest BCUT2D eigenvalue weighted by molar-refractivity contribution is -0.137. The molecule has 0 fully saturated rings. The summed E-state index contributed by atoms with van der Waals surface area (Å²) in [4.78, 5) is 24.2. The molecule has 0 radical (unpaired) electrons. The van der Waals surface area contributed by atoms with Gasteiger partial charge in [0.15, 0.2) is 5.60 Å². The summed E-state index contributed by atoms with van der Waals surface area (Å²) in [5, 5.41) is 2.89. The van der Waals surface area contributed by atoms with E-state index in [1.165, 1.54) is 6.92 Å². The second-order valence-electron chi connectivity index (χ2n) is 7.20. The van der Waals surface area contributed by atoms with Crippen molar-refractivity contribution in [1.29, 1.82) is 0 Å². The van der Waals surface area contributed by atoms with Gasteiger partial charge in [-0.2, -0.15) is 0 Å². The van der Waals surface area contributed by atoms with E-state index in [0.717, 1.165) is 22.3 Å². The van der Waals surface area contributed by atoms with Crippen molar-refractivity contribution in [3.05, 3.63) is 46.4 Å². The topological polar surface area (TPSA) is 77.8 Å². The number of hydrogen-bond acceptors (Lipinski definition) is 5. The first kappa shape index (κ1) is 19.0. The zero-order valence-corrected chi connectivity index (χ0v) is 16.4. The summed E-state index contributed by atoms with van der Waals surface area (Å²) in [6.07, 6.45) is 2.78. The number of esters is 1. The van der Waals surface area contributed by atoms with Gasteiger partial charge < -0.3 is 19.2 Å². The summed E-state index contributed by atoms with van der Waals surface area (Å²) in [5.74, 6) is 1.47. The molecule has 2 heterocycles. The van der Waals surface area contributed by atoms with E-state index in [1.807, 2.05) is 26.8 Å². The Morgan fingerprint density at radius 3 is 2.59 bits per heavy atom. The molecule has 1 aliphatic heterocycles. The van der Waals surface area contributed by atoms with E-state index in [0.29, 0.717) is 36.6 Å². The predicted molar refractivity (Wildman–Crippen MR) is 99.9 cm³/mol. The maximum absolute atomic E-state index is 12.8. The second kappa shape index (κ2) is 7.10. The molecule has 0 saturated heterocycles. The summed E-state index contributed by atoms with van der Waals surface area (Å²) < 4.78 is 16.9. The van der Waals surface area contributed by atoms with Crippen LogP contribution in [-0.4, -0.2) is 17.5 Å². The van der Waals surface area contributed by atoms with Gasteiger partial charge in [-0.3, -0.25) is 9.59 Å². The molecular weight excluding hydrogens is 346 g/mol. The molecule has 0 saturated carbocycles. The van der Waals surface area contributed by atoms with Crippen molar-refractivity contribution < 1.29 is 23.5 Å². The van der Waals surface area contributed by atoms with Gasteiger partial charge in [0.25, 0.3) is 5.91 Å². The van der Waals surface area contributed by atoms with E-state index in [9.17, 15) is 9.59 Å². The lowest BCUT2D eigenvalue weighted by Crippen LogP contribution is -2.50. The number of amides is 1. The Hall–Kier alpha value is -2.76. The van der Waals surface area contributed by atoms with E-state index < -0.39 is 5.60 Å². The van der Waals surface area contributed by atoms with Gasteiger partial charge in [-0.15, -0.1) is 0 Å². The Bertz CT molecular complexity index is 885. The van der Waals surface area contributed by atoms with E-state index >= 15 is 0 Å². The fourth-order valence-corrected chi connectivity index (χ4v) is 3.46. The van der Waals surface area contributed by atoms with Crippen LogP contribution in [-0.2, 0) is 22.6 Å². The Morgan fingerprint density at radius 1 is 1.22 bits per heavy atom. The number of benzene rings is 1. The number of ether oxygens (including phenoxy) is 2. The van der Waals surface area contributed by atoms with Gasteiger partial charge in [-0.25, -0.2) is 0 Å². The van der Waals surface area contributed by atoms with Crippen molar-refractivity contribution in [3.8, 4) is 11.5 Å². The Labute approximate surface area is 158 Å². The number of hydrogen-bond donors (Lipinski definition) is 1. The first-order valence-corrected chi connectivity index (χ1v) is 9.03. The standard InChI is InChI=1S/C21H25NO5/c1-12-13(2)19-17(14(3)18(12)26-15(4)23)8-9-21(5,27-19)20(24)22-11-16-7-6-10-25-16/h6-7,10H,8-9,11H2,1-5H3,(H,22,24). The summed E-state index contributed by atoms with van der Waals surface area (Å²) >= 11 is 0. The van der Waals surface area contributed by atoms with Crippen LogP contribution in [0.4, 0.5) is 0 Å². The highest BCUT2D eigenvalue weighted by Gasteiger charge is 2.40. The maximum atomic E-state index is 12.8. The minimum Gasteiger partial charge on any atom is -0.477 e. The Morgan fingerprint density at radius 2 is 1.96 bits per heavy atom. The molecule has 6 heteroatoms. The molecule has 1 amide bonds. The Kier molecular flexibility index (Phi) is 5.00. The molecular formula is C21H25NO5. The highest BCUT2D eigenvalue weighted by molar-refractivity contribution is 5.86. The zero-order chi connectivity index (χ0) is 19.8. The number of fused-ring (bicyclic) bond motifs is 1. The fraction of sp³-hybridized carbons (Fsp3) is 0.429. The van der Waals surface area contributed by atoms with Crippen LogP contribution in [0, 0.1) is 20.8 Å². The van der Waals surface area contributed by atoms with Gasteiger partial charge in [-0.05, 0) is 62.9 Å². The van der Waals surface area contributed by atoms with Crippen molar-refractivity contribution in [2.45, 2.75) is 59.6 Å². The summed E-state index contributed by atoms with van der Waals surface area (Å²) in [6, 6.07) is 3.60. The van der Waals surface area contributed by atoms with Crippen LogP contribution >= 0.6 is 0 Å². The molecule has 1 N–H and O–H groups in total. The summed E-state index contributed by atoms with van der Waals surface area (Å²) in [6.45, 7) is 9.26. The lowest BCUT2D eigenvalue weighted by Gasteiger charge is -2.36. The lowest BCUT2D eigenvalue weighted by atomic mass is 9.86. The van der Waals surface area contributed by atoms with Gasteiger partial charge in [0.05, 0.1) is 12.8 Å². The molecule has 6 nitrogen and oxygen atoms in total. The predicted octanol–water partition coefficient (Wildman–Crippen LogP) is 3.53. The van der Waals surface area contributed by atoms with Gasteiger partial charge in [0, 0.05) is 18.9 Å². The highest BCUT2D eigenvalue weighted by Crippen LogP contribution is 2.43. The van der Waals surface area contributed by atoms with E-state index in [-0.39, 0.29) is 11.9 Å². The zero-order valence-electron chi connectivity index (χ0n) is 16.4. The number of nitrogens with one attached hydrogen (secondary N) is 1. The minimum absolute atomic E-state index is 0.177. The summed E-state index contributed by atoms with van der Waals surface area (Å²) in [5.41, 5.74) is 2.65. The van der Waals surface area contributed by atoms with Gasteiger partial charge >= 0.3 is 5.97 Å². The molecule has 27 heavy (non-hydrogen) atoms. The molecule has 2 aromatic rings. The normalized spacial score (nSPS) is 18.4. The molecule has 0 spiro atoms. The number of carbonyl (C=O) groups excluding carboxylic acids is 2. The SMILES string of the molecule is CC(=O)Oc1c(C)c(C)c2c(c1C)CCC(C)(C(=O)NCc1ccco1)O2. The van der Waals surface area contributed by atoms with Crippen LogP contribution in [0.5, 0.6) is 11.5 Å². The molecule has 0 bridgehead atoms. The van der Waals surface area contributed by atoms with Gasteiger partial charge in [-0.1, -0.05) is 0 Å². The van der Waals surface area contributed by atoms with E-state index in [4.69, 9.17) is 13.9 Å². The average molecular weight is 371 g/mol. The molecule has 1 aromatic heterocycles. The van der Waals surface area contributed by atoms with Crippen LogP contribution < -0.4 is 14.8 Å². The quantitative estimate of drug-likeness (QED) is 0.657. The van der Waals surface area contributed by atoms with Crippen LogP contribution in [0.1, 0.15) is 48.3 Å². The molecule has 3 rings (SSSR count). The highest BCUT2D eigenvalue weighted by atomic mass is 16.5. The van der Waals surface area contributed by atoms with Crippen LogP contribution in [0.15, 0.2) is 22.8 Å². The fourth-order valence-electron chi connectivity index (χ4n) is 3.46. The largest absolute Gasteiger partial charge is 0.477 e. The molecule has 1 unspecified atom stereocenters. The maximum Gasteiger partial charge on any atom is 0.308 e. The molecule has 0 aliphatic carbocycles. The Balaban J connectivity index is 1.86. The monoisotopic (exact) mass is 371 g/mol. The van der Waals surface area contributed by atoms with Crippen LogP contribution in [0.3, 0.4) is 0 Å². The first-order valence-electron chi connectivity index (χ1n) is 9.03. The molecule has 1 aromatic carbocycles. The molecule has 1 aliphatic rings. The van der Waals surface area contributed by atoms with Crippen LogP contribution in [0.2, 0.25) is 0 Å². The number of rotatable bonds is 4. The third-order valence-electron chi connectivity index (χ3n) is 5.22. The summed E-state index contributed by atoms with van der Waals surface area (Å²) in [7, 11) is 0. The third kappa shape index (κ3) is 3.56. The van der Waals surface area contributed by atoms with Crippen molar-refractivity contribution in [2.24, 2.45) is 0 Å². The first-order chi connectivity index (χ1) is 12.7. The minimum atomic E-state index is -0.966. The van der Waals surface area contributed by atoms with Gasteiger partial charge in [0.2, 0.25) is 0 Å².